The lowest BCUT2D eigenvalue weighted by molar-refractivity contribution is 0.294. The summed E-state index contributed by atoms with van der Waals surface area (Å²) >= 11 is 0. The van der Waals surface area contributed by atoms with Gasteiger partial charge in [0.2, 0.25) is 0 Å². The topological polar surface area (TPSA) is 54.0 Å². The number of methoxy groups -OCH3 is 1. The third-order valence-electron chi connectivity index (χ3n) is 5.73. The average Bonchev–Trinajstić information content (AvgIpc) is 3.25. The number of aromatic amines is 1. The molecule has 4 aromatic rings. The number of rotatable bonds is 5. The largest absolute Gasteiger partial charge is 0.496 e. The Kier molecular flexibility index (Phi) is 5.22. The van der Waals surface area contributed by atoms with E-state index in [2.05, 4.69) is 56.3 Å². The van der Waals surface area contributed by atoms with Crippen molar-refractivity contribution in [3.8, 4) is 17.0 Å². The van der Waals surface area contributed by atoms with E-state index in [-0.39, 0.29) is 5.82 Å². The molecule has 0 saturated heterocycles. The second kappa shape index (κ2) is 8.32. The van der Waals surface area contributed by atoms with Gasteiger partial charge in [0.25, 0.3) is 0 Å². The van der Waals surface area contributed by atoms with Gasteiger partial charge >= 0.3 is 0 Å². The number of benzene rings is 2. The van der Waals surface area contributed by atoms with Crippen molar-refractivity contribution in [3.63, 3.8) is 0 Å². The number of nitrogens with one attached hydrogen (secondary N) is 1. The predicted octanol–water partition coefficient (Wildman–Crippen LogP) is 5.06. The first-order valence-corrected chi connectivity index (χ1v) is 10.3. The number of fused-ring (bicyclic) bond motifs is 1. The van der Waals surface area contributed by atoms with Crippen molar-refractivity contribution >= 4 is 16.6 Å². The molecule has 0 unspecified atom stereocenters. The highest BCUT2D eigenvalue weighted by Crippen LogP contribution is 2.35. The van der Waals surface area contributed by atoms with E-state index >= 15 is 0 Å². The SMILES string of the molecule is COc1ccc(F)cc1-c1ncnc2[nH]c(C3=CCN(Cc4ccccc4)CC3)cc12. The molecule has 156 valence electrons. The van der Waals surface area contributed by atoms with Crippen LogP contribution < -0.4 is 4.74 Å². The molecule has 1 aliphatic rings. The number of halogens is 1. The van der Waals surface area contributed by atoms with Gasteiger partial charge < -0.3 is 9.72 Å². The molecule has 3 heterocycles. The molecular weight excluding hydrogens is 391 g/mol. The van der Waals surface area contributed by atoms with Gasteiger partial charge in [0.05, 0.1) is 12.8 Å². The third-order valence-corrected chi connectivity index (χ3v) is 5.73. The van der Waals surface area contributed by atoms with Gasteiger partial charge in [-0.15, -0.1) is 0 Å². The summed E-state index contributed by atoms with van der Waals surface area (Å²) in [5.74, 6) is 0.254. The summed E-state index contributed by atoms with van der Waals surface area (Å²) in [7, 11) is 1.58. The van der Waals surface area contributed by atoms with Crippen LogP contribution in [0.1, 0.15) is 17.7 Å². The molecule has 5 nitrogen and oxygen atoms in total. The van der Waals surface area contributed by atoms with Crippen LogP contribution in [-0.4, -0.2) is 40.1 Å². The molecule has 0 spiro atoms. The summed E-state index contributed by atoms with van der Waals surface area (Å²) in [5.41, 5.74) is 5.64. The molecule has 0 atom stereocenters. The number of ether oxygens (including phenoxy) is 1. The lowest BCUT2D eigenvalue weighted by Gasteiger charge is -2.26. The van der Waals surface area contributed by atoms with Gasteiger partial charge in [-0.1, -0.05) is 36.4 Å². The normalized spacial score (nSPS) is 14.6. The third kappa shape index (κ3) is 3.94. The molecule has 5 rings (SSSR count). The maximum absolute atomic E-state index is 13.9. The molecular formula is C25H23FN4O. The summed E-state index contributed by atoms with van der Waals surface area (Å²) in [5, 5.41) is 0.856. The number of nitrogens with zero attached hydrogens (tertiary/aromatic N) is 3. The molecule has 0 fully saturated rings. The summed E-state index contributed by atoms with van der Waals surface area (Å²) in [6.07, 6.45) is 4.72. The Hall–Kier alpha value is -3.51. The fourth-order valence-electron chi connectivity index (χ4n) is 4.13. The molecule has 1 aliphatic heterocycles. The van der Waals surface area contributed by atoms with Crippen LogP contribution in [0.4, 0.5) is 4.39 Å². The predicted molar refractivity (Wildman–Crippen MR) is 120 cm³/mol. The summed E-state index contributed by atoms with van der Waals surface area (Å²) in [4.78, 5) is 14.7. The highest BCUT2D eigenvalue weighted by atomic mass is 19.1. The Morgan fingerprint density at radius 1 is 1.10 bits per heavy atom. The Morgan fingerprint density at radius 3 is 2.74 bits per heavy atom. The highest BCUT2D eigenvalue weighted by molar-refractivity contribution is 5.94. The average molecular weight is 414 g/mol. The lowest BCUT2D eigenvalue weighted by atomic mass is 10.0. The number of H-pyrrole nitrogens is 1. The molecule has 2 aromatic heterocycles. The van der Waals surface area contributed by atoms with Crippen molar-refractivity contribution in [3.05, 3.63) is 84.1 Å². The van der Waals surface area contributed by atoms with Crippen molar-refractivity contribution in [1.29, 1.82) is 0 Å². The van der Waals surface area contributed by atoms with E-state index in [0.29, 0.717) is 17.0 Å². The van der Waals surface area contributed by atoms with E-state index in [4.69, 9.17) is 4.74 Å². The fourth-order valence-corrected chi connectivity index (χ4v) is 4.13. The van der Waals surface area contributed by atoms with Gasteiger partial charge in [0, 0.05) is 36.3 Å². The second-order valence-electron chi connectivity index (χ2n) is 7.71. The quantitative estimate of drug-likeness (QED) is 0.496. The zero-order valence-electron chi connectivity index (χ0n) is 17.3. The molecule has 1 N–H and O–H groups in total. The molecule has 0 aliphatic carbocycles. The maximum Gasteiger partial charge on any atom is 0.141 e. The molecule has 2 aromatic carbocycles. The van der Waals surface area contributed by atoms with E-state index in [1.165, 1.54) is 29.6 Å². The molecule has 0 amide bonds. The number of hydrogen-bond acceptors (Lipinski definition) is 4. The van der Waals surface area contributed by atoms with E-state index < -0.39 is 0 Å². The van der Waals surface area contributed by atoms with Gasteiger partial charge in [-0.2, -0.15) is 0 Å². The van der Waals surface area contributed by atoms with Crippen molar-refractivity contribution < 1.29 is 9.13 Å². The van der Waals surface area contributed by atoms with Gasteiger partial charge in [-0.3, -0.25) is 4.90 Å². The minimum atomic E-state index is -0.327. The Balaban J connectivity index is 1.44. The van der Waals surface area contributed by atoms with E-state index in [1.54, 1.807) is 13.2 Å². The van der Waals surface area contributed by atoms with Crippen molar-refractivity contribution in [2.45, 2.75) is 13.0 Å². The van der Waals surface area contributed by atoms with Gasteiger partial charge in [-0.25, -0.2) is 14.4 Å². The van der Waals surface area contributed by atoms with Gasteiger partial charge in [-0.05, 0) is 41.8 Å². The van der Waals surface area contributed by atoms with E-state index in [0.717, 1.165) is 42.8 Å². The first-order valence-electron chi connectivity index (χ1n) is 10.3. The molecule has 31 heavy (non-hydrogen) atoms. The van der Waals surface area contributed by atoms with Crippen LogP contribution in [0.2, 0.25) is 0 Å². The Labute approximate surface area is 180 Å². The van der Waals surface area contributed by atoms with Crippen molar-refractivity contribution in [1.82, 2.24) is 19.9 Å². The standard InChI is InChI=1S/C25H23FN4O/c1-31-23-8-7-19(26)13-20(23)24-21-14-22(29-25(21)28-16-27-24)18-9-11-30(12-10-18)15-17-5-3-2-4-6-17/h2-9,13-14,16H,10-12,15H2,1H3,(H,27,28,29). The summed E-state index contributed by atoms with van der Waals surface area (Å²) in [6.45, 7) is 2.84. The monoisotopic (exact) mass is 414 g/mol. The zero-order chi connectivity index (χ0) is 21.2. The fraction of sp³-hybridized carbons (Fsp3) is 0.200. The van der Waals surface area contributed by atoms with E-state index in [9.17, 15) is 4.39 Å². The van der Waals surface area contributed by atoms with Crippen molar-refractivity contribution in [2.75, 3.05) is 20.2 Å². The van der Waals surface area contributed by atoms with Crippen LogP contribution in [0, 0.1) is 5.82 Å². The van der Waals surface area contributed by atoms with Crippen LogP contribution in [0.3, 0.4) is 0 Å². The Morgan fingerprint density at radius 2 is 1.97 bits per heavy atom. The second-order valence-corrected chi connectivity index (χ2v) is 7.71. The van der Waals surface area contributed by atoms with Crippen LogP contribution in [0.15, 0.2) is 67.0 Å². The summed E-state index contributed by atoms with van der Waals surface area (Å²) < 4.78 is 19.4. The van der Waals surface area contributed by atoms with Crippen molar-refractivity contribution in [2.24, 2.45) is 0 Å². The minimum Gasteiger partial charge on any atom is -0.496 e. The number of hydrogen-bond donors (Lipinski definition) is 1. The first-order chi connectivity index (χ1) is 15.2. The number of aromatic nitrogens is 3. The minimum absolute atomic E-state index is 0.327. The molecule has 0 bridgehead atoms. The van der Waals surface area contributed by atoms with Crippen LogP contribution in [0.25, 0.3) is 27.9 Å². The summed E-state index contributed by atoms with van der Waals surface area (Å²) in [6, 6.07) is 17.1. The zero-order valence-corrected chi connectivity index (χ0v) is 17.3. The van der Waals surface area contributed by atoms with Crippen LogP contribution in [0.5, 0.6) is 5.75 Å². The Bertz CT molecular complexity index is 1250. The lowest BCUT2D eigenvalue weighted by Crippen LogP contribution is -2.28. The smallest absolute Gasteiger partial charge is 0.141 e. The van der Waals surface area contributed by atoms with E-state index in [1.807, 2.05) is 6.07 Å². The van der Waals surface area contributed by atoms with Crippen LogP contribution in [-0.2, 0) is 6.54 Å². The molecule has 6 heteroatoms. The first kappa shape index (κ1) is 19.5. The van der Waals surface area contributed by atoms with Gasteiger partial charge in [0.1, 0.15) is 23.5 Å². The van der Waals surface area contributed by atoms with Crippen LogP contribution >= 0.6 is 0 Å². The van der Waals surface area contributed by atoms with Gasteiger partial charge in [0.15, 0.2) is 0 Å². The molecule has 0 radical (unpaired) electrons. The molecule has 0 saturated carbocycles. The maximum atomic E-state index is 13.9. The highest BCUT2D eigenvalue weighted by Gasteiger charge is 2.18.